The first-order chi connectivity index (χ1) is 9.43. The molecular weight excluding hydrogens is 342 g/mol. The standard InChI is InChI=1S/C13H14BrN3O2S/c1-3-6-12(14)10-7-4-5-8-11(10)13-9-17(16-15-13)20(2,18)19/h3-5,7-9,12H,1,6H2,2H3. The van der Waals surface area contributed by atoms with Crippen LogP contribution in [0.5, 0.6) is 0 Å². The quantitative estimate of drug-likeness (QED) is 0.610. The average Bonchev–Trinajstić information content (AvgIpc) is 2.88. The average molecular weight is 356 g/mol. The Morgan fingerprint density at radius 2 is 2.15 bits per heavy atom. The van der Waals surface area contributed by atoms with Crippen molar-refractivity contribution in [1.82, 2.24) is 14.4 Å². The van der Waals surface area contributed by atoms with Crippen molar-refractivity contribution in [3.05, 3.63) is 48.7 Å². The monoisotopic (exact) mass is 355 g/mol. The number of alkyl halides is 1. The van der Waals surface area contributed by atoms with E-state index in [9.17, 15) is 8.42 Å². The zero-order valence-electron chi connectivity index (χ0n) is 10.9. The van der Waals surface area contributed by atoms with E-state index < -0.39 is 10.0 Å². The van der Waals surface area contributed by atoms with E-state index in [2.05, 4.69) is 32.8 Å². The van der Waals surface area contributed by atoms with E-state index in [1.54, 1.807) is 0 Å². The summed E-state index contributed by atoms with van der Waals surface area (Å²) in [6.45, 7) is 3.72. The smallest absolute Gasteiger partial charge is 0.205 e. The zero-order valence-corrected chi connectivity index (χ0v) is 13.3. The van der Waals surface area contributed by atoms with Crippen molar-refractivity contribution >= 4 is 26.0 Å². The molecule has 0 fully saturated rings. The maximum atomic E-state index is 11.4. The van der Waals surface area contributed by atoms with E-state index in [1.807, 2.05) is 30.3 Å². The highest BCUT2D eigenvalue weighted by molar-refractivity contribution is 9.09. The van der Waals surface area contributed by atoms with Crippen LogP contribution in [0.3, 0.4) is 0 Å². The highest BCUT2D eigenvalue weighted by atomic mass is 79.9. The van der Waals surface area contributed by atoms with E-state index in [0.717, 1.165) is 27.9 Å². The van der Waals surface area contributed by atoms with Crippen LogP contribution < -0.4 is 0 Å². The van der Waals surface area contributed by atoms with E-state index >= 15 is 0 Å². The van der Waals surface area contributed by atoms with Crippen LogP contribution in [0, 0.1) is 0 Å². The molecule has 0 bridgehead atoms. The van der Waals surface area contributed by atoms with Gasteiger partial charge in [-0.3, -0.25) is 0 Å². The SMILES string of the molecule is C=CCC(Br)c1ccccc1-c1cn(S(C)(=O)=O)nn1. The van der Waals surface area contributed by atoms with Crippen LogP contribution in [-0.2, 0) is 10.0 Å². The van der Waals surface area contributed by atoms with Crippen LogP contribution in [0.25, 0.3) is 11.3 Å². The molecule has 0 N–H and O–H groups in total. The summed E-state index contributed by atoms with van der Waals surface area (Å²) in [6.07, 6.45) is 5.09. The second-order valence-electron chi connectivity index (χ2n) is 4.32. The van der Waals surface area contributed by atoms with Crippen LogP contribution >= 0.6 is 15.9 Å². The van der Waals surface area contributed by atoms with E-state index in [-0.39, 0.29) is 4.83 Å². The van der Waals surface area contributed by atoms with Gasteiger partial charge in [0.05, 0.1) is 12.5 Å². The van der Waals surface area contributed by atoms with Crippen LogP contribution in [0.4, 0.5) is 0 Å². The van der Waals surface area contributed by atoms with Crippen molar-refractivity contribution in [2.24, 2.45) is 0 Å². The molecule has 0 aliphatic heterocycles. The minimum atomic E-state index is -3.42. The summed E-state index contributed by atoms with van der Waals surface area (Å²) < 4.78 is 23.7. The van der Waals surface area contributed by atoms with E-state index in [1.165, 1.54) is 6.20 Å². The molecule has 1 atom stereocenters. The molecule has 0 spiro atoms. The van der Waals surface area contributed by atoms with Crippen molar-refractivity contribution in [2.45, 2.75) is 11.2 Å². The number of rotatable bonds is 5. The molecule has 1 aromatic heterocycles. The van der Waals surface area contributed by atoms with Gasteiger partial charge in [0.2, 0.25) is 0 Å². The Kier molecular flexibility index (Phi) is 4.39. The third kappa shape index (κ3) is 3.16. The highest BCUT2D eigenvalue weighted by Gasteiger charge is 2.16. The lowest BCUT2D eigenvalue weighted by Gasteiger charge is -2.11. The van der Waals surface area contributed by atoms with Crippen LogP contribution in [0.1, 0.15) is 16.8 Å². The zero-order chi connectivity index (χ0) is 14.8. The second-order valence-corrected chi connectivity index (χ2v) is 7.26. The van der Waals surface area contributed by atoms with Gasteiger partial charge in [0.1, 0.15) is 5.69 Å². The fraction of sp³-hybridized carbons (Fsp3) is 0.231. The molecule has 0 amide bonds. The number of benzene rings is 1. The molecule has 0 saturated carbocycles. The van der Waals surface area contributed by atoms with Crippen LogP contribution in [0.2, 0.25) is 0 Å². The molecule has 0 radical (unpaired) electrons. The molecule has 0 aliphatic rings. The Labute approximate surface area is 126 Å². The molecule has 1 heterocycles. The molecule has 1 unspecified atom stereocenters. The normalized spacial score (nSPS) is 13.1. The van der Waals surface area contributed by atoms with E-state index in [0.29, 0.717) is 5.69 Å². The largest absolute Gasteiger partial charge is 0.252 e. The Morgan fingerprint density at radius 3 is 2.75 bits per heavy atom. The van der Waals surface area contributed by atoms with Gasteiger partial charge in [0.25, 0.3) is 10.0 Å². The second kappa shape index (κ2) is 5.88. The van der Waals surface area contributed by atoms with Gasteiger partial charge < -0.3 is 0 Å². The first-order valence-corrected chi connectivity index (χ1v) is 8.67. The molecule has 106 valence electrons. The lowest BCUT2D eigenvalue weighted by atomic mass is 10.0. The topological polar surface area (TPSA) is 64.8 Å². The molecule has 2 rings (SSSR count). The van der Waals surface area contributed by atoms with Gasteiger partial charge in [-0.15, -0.1) is 15.8 Å². The number of aromatic nitrogens is 3. The van der Waals surface area contributed by atoms with Gasteiger partial charge in [-0.25, -0.2) is 8.42 Å². The summed E-state index contributed by atoms with van der Waals surface area (Å²) in [6, 6.07) is 7.67. The Morgan fingerprint density at radius 1 is 1.45 bits per heavy atom. The van der Waals surface area contributed by atoms with Gasteiger partial charge in [-0.05, 0) is 12.0 Å². The molecule has 7 heteroatoms. The number of hydrogen-bond acceptors (Lipinski definition) is 4. The number of allylic oxidation sites excluding steroid dienone is 1. The number of nitrogens with zero attached hydrogens (tertiary/aromatic N) is 3. The molecular formula is C13H14BrN3O2S. The van der Waals surface area contributed by atoms with Crippen molar-refractivity contribution < 1.29 is 8.42 Å². The van der Waals surface area contributed by atoms with Gasteiger partial charge in [0, 0.05) is 10.4 Å². The maximum Gasteiger partial charge on any atom is 0.252 e. The van der Waals surface area contributed by atoms with Crippen molar-refractivity contribution in [2.75, 3.05) is 6.26 Å². The van der Waals surface area contributed by atoms with Crippen LogP contribution in [0.15, 0.2) is 43.1 Å². The molecule has 20 heavy (non-hydrogen) atoms. The first-order valence-electron chi connectivity index (χ1n) is 5.90. The predicted molar refractivity (Wildman–Crippen MR) is 82.2 cm³/mol. The fourth-order valence-corrected chi connectivity index (χ4v) is 2.93. The third-order valence-electron chi connectivity index (χ3n) is 2.76. The highest BCUT2D eigenvalue weighted by Crippen LogP contribution is 2.34. The first kappa shape index (κ1) is 14.9. The van der Waals surface area contributed by atoms with E-state index in [4.69, 9.17) is 0 Å². The van der Waals surface area contributed by atoms with Crippen LogP contribution in [-0.4, -0.2) is 29.1 Å². The lowest BCUT2D eigenvalue weighted by Crippen LogP contribution is -2.10. The predicted octanol–water partition coefficient (Wildman–Crippen LogP) is 2.76. The number of hydrogen-bond donors (Lipinski definition) is 0. The molecule has 0 aliphatic carbocycles. The Bertz CT molecular complexity index is 725. The Hall–Kier alpha value is -1.47. The van der Waals surface area contributed by atoms with Gasteiger partial charge in [0.15, 0.2) is 0 Å². The fourth-order valence-electron chi connectivity index (χ4n) is 1.81. The van der Waals surface area contributed by atoms with Gasteiger partial charge in [-0.1, -0.05) is 51.5 Å². The van der Waals surface area contributed by atoms with Gasteiger partial charge in [-0.2, -0.15) is 0 Å². The minimum Gasteiger partial charge on any atom is -0.205 e. The molecule has 1 aromatic carbocycles. The van der Waals surface area contributed by atoms with Crippen molar-refractivity contribution in [3.63, 3.8) is 0 Å². The number of halogens is 1. The summed E-state index contributed by atoms with van der Waals surface area (Å²) in [5, 5.41) is 7.60. The third-order valence-corrected chi connectivity index (χ3v) is 4.49. The van der Waals surface area contributed by atoms with Crippen molar-refractivity contribution in [1.29, 1.82) is 0 Å². The minimum absolute atomic E-state index is 0.0968. The van der Waals surface area contributed by atoms with Crippen molar-refractivity contribution in [3.8, 4) is 11.3 Å². The summed E-state index contributed by atoms with van der Waals surface area (Å²) in [5.74, 6) is 0. The molecule has 0 saturated heterocycles. The lowest BCUT2D eigenvalue weighted by molar-refractivity contribution is 0.583. The molecule has 2 aromatic rings. The summed E-state index contributed by atoms with van der Waals surface area (Å²) in [4.78, 5) is 0.0968. The van der Waals surface area contributed by atoms with Gasteiger partial charge >= 0.3 is 0 Å². The summed E-state index contributed by atoms with van der Waals surface area (Å²) >= 11 is 3.60. The Balaban J connectivity index is 2.48. The summed E-state index contributed by atoms with van der Waals surface area (Å²) in [5.41, 5.74) is 2.40. The summed E-state index contributed by atoms with van der Waals surface area (Å²) in [7, 11) is -3.42. The maximum absolute atomic E-state index is 11.4. The molecule has 5 nitrogen and oxygen atoms in total.